The molecule has 0 saturated carbocycles. The Kier molecular flexibility index (Phi) is 4.35. The van der Waals surface area contributed by atoms with E-state index in [1.807, 2.05) is 0 Å². The fourth-order valence-corrected chi connectivity index (χ4v) is 2.63. The van der Waals surface area contributed by atoms with Crippen molar-refractivity contribution in [2.24, 2.45) is 0 Å². The third-order valence-electron chi connectivity index (χ3n) is 3.35. The van der Waals surface area contributed by atoms with Crippen LogP contribution in [0.2, 0.25) is 10.0 Å². The molecule has 0 spiro atoms. The van der Waals surface area contributed by atoms with E-state index in [1.54, 1.807) is 18.2 Å². The van der Waals surface area contributed by atoms with E-state index in [0.29, 0.717) is 10.6 Å². The van der Waals surface area contributed by atoms with Crippen molar-refractivity contribution in [2.45, 2.75) is 6.61 Å². The first-order chi connectivity index (χ1) is 11.0. The number of hydrogen-bond acceptors (Lipinski definition) is 3. The Hall–Kier alpha value is -1.95. The van der Waals surface area contributed by atoms with Gasteiger partial charge >= 0.3 is 0 Å². The number of aliphatic hydroxyl groups is 1. The lowest BCUT2D eigenvalue weighted by Crippen LogP contribution is -1.94. The summed E-state index contributed by atoms with van der Waals surface area (Å²) >= 11 is 12.1. The van der Waals surface area contributed by atoms with Gasteiger partial charge in [0.2, 0.25) is 0 Å². The monoisotopic (exact) mass is 355 g/mol. The lowest BCUT2D eigenvalue weighted by Gasteiger charge is -2.05. The molecule has 0 aliphatic heterocycles. The van der Waals surface area contributed by atoms with Crippen LogP contribution in [0.25, 0.3) is 22.6 Å². The van der Waals surface area contributed by atoms with Crippen LogP contribution in [0.15, 0.2) is 40.9 Å². The lowest BCUT2D eigenvalue weighted by atomic mass is 10.0. The van der Waals surface area contributed by atoms with Crippen molar-refractivity contribution in [1.29, 1.82) is 0 Å². The standard InChI is InChI=1S/C16H9Cl2F2NO2/c17-11-5-1-3-8(13(11)18)16-10(7-22)15(21-23-16)9-4-2-6-12(19)14(9)20/h1-6,22H,7H2. The molecule has 3 nitrogen and oxygen atoms in total. The number of benzene rings is 2. The summed E-state index contributed by atoms with van der Waals surface area (Å²) in [5.74, 6) is -1.94. The largest absolute Gasteiger partial charge is 0.391 e. The number of hydrogen-bond donors (Lipinski definition) is 1. The first-order valence-corrected chi connectivity index (χ1v) is 7.28. The average molecular weight is 356 g/mol. The van der Waals surface area contributed by atoms with E-state index in [4.69, 9.17) is 27.7 Å². The Morgan fingerprint density at radius 3 is 2.48 bits per heavy atom. The van der Waals surface area contributed by atoms with E-state index in [2.05, 4.69) is 5.16 Å². The SMILES string of the molecule is OCc1c(-c2cccc(F)c2F)noc1-c1cccc(Cl)c1Cl. The summed E-state index contributed by atoms with van der Waals surface area (Å²) in [7, 11) is 0. The highest BCUT2D eigenvalue weighted by Crippen LogP contribution is 2.39. The van der Waals surface area contributed by atoms with Gasteiger partial charge in [-0.25, -0.2) is 8.78 Å². The summed E-state index contributed by atoms with van der Waals surface area (Å²) in [5, 5.41) is 13.9. The van der Waals surface area contributed by atoms with Crippen LogP contribution < -0.4 is 0 Å². The van der Waals surface area contributed by atoms with Gasteiger partial charge in [-0.1, -0.05) is 40.5 Å². The molecule has 1 aromatic heterocycles. The highest BCUT2D eigenvalue weighted by molar-refractivity contribution is 6.43. The van der Waals surface area contributed by atoms with E-state index in [1.165, 1.54) is 12.1 Å². The molecule has 0 bridgehead atoms. The average Bonchev–Trinajstić information content (AvgIpc) is 2.96. The van der Waals surface area contributed by atoms with Gasteiger partial charge in [-0.2, -0.15) is 0 Å². The van der Waals surface area contributed by atoms with E-state index in [0.717, 1.165) is 6.07 Å². The van der Waals surface area contributed by atoms with Crippen LogP contribution >= 0.6 is 23.2 Å². The first-order valence-electron chi connectivity index (χ1n) is 6.52. The van der Waals surface area contributed by atoms with Crippen molar-refractivity contribution < 1.29 is 18.4 Å². The van der Waals surface area contributed by atoms with Gasteiger partial charge < -0.3 is 9.63 Å². The molecule has 0 atom stereocenters. The second-order valence-corrected chi connectivity index (χ2v) is 5.48. The van der Waals surface area contributed by atoms with Crippen LogP contribution in [0.1, 0.15) is 5.56 Å². The molecule has 118 valence electrons. The minimum Gasteiger partial charge on any atom is -0.391 e. The molecule has 1 N–H and O–H groups in total. The summed E-state index contributed by atoms with van der Waals surface area (Å²) in [4.78, 5) is 0. The first kappa shape index (κ1) is 15.9. The van der Waals surface area contributed by atoms with E-state index >= 15 is 0 Å². The predicted molar refractivity (Wildman–Crippen MR) is 83.2 cm³/mol. The van der Waals surface area contributed by atoms with Crippen LogP contribution in [0.3, 0.4) is 0 Å². The second kappa shape index (κ2) is 6.28. The molecule has 7 heteroatoms. The topological polar surface area (TPSA) is 46.3 Å². The smallest absolute Gasteiger partial charge is 0.174 e. The number of nitrogens with zero attached hydrogens (tertiary/aromatic N) is 1. The molecule has 0 saturated heterocycles. The molecular formula is C16H9Cl2F2NO2. The molecule has 23 heavy (non-hydrogen) atoms. The molecule has 0 aliphatic carbocycles. The highest BCUT2D eigenvalue weighted by Gasteiger charge is 2.23. The van der Waals surface area contributed by atoms with Gasteiger partial charge in [-0.05, 0) is 24.3 Å². The van der Waals surface area contributed by atoms with Crippen LogP contribution in [0.4, 0.5) is 8.78 Å². The minimum atomic E-state index is -1.07. The molecule has 0 aliphatic rings. The van der Waals surface area contributed by atoms with E-state index in [9.17, 15) is 13.9 Å². The van der Waals surface area contributed by atoms with Crippen LogP contribution in [-0.4, -0.2) is 10.3 Å². The van der Waals surface area contributed by atoms with Gasteiger partial charge in [0.1, 0.15) is 5.69 Å². The Balaban J connectivity index is 2.22. The minimum absolute atomic E-state index is 0.00976. The van der Waals surface area contributed by atoms with Crippen molar-refractivity contribution in [2.75, 3.05) is 0 Å². The van der Waals surface area contributed by atoms with Crippen LogP contribution in [0.5, 0.6) is 0 Å². The summed E-state index contributed by atoms with van der Waals surface area (Å²) in [6.45, 7) is -0.493. The molecule has 2 aromatic carbocycles. The molecule has 3 aromatic rings. The lowest BCUT2D eigenvalue weighted by molar-refractivity contribution is 0.281. The number of aliphatic hydroxyl groups excluding tert-OH is 1. The number of halogens is 4. The van der Waals surface area contributed by atoms with Gasteiger partial charge in [-0.15, -0.1) is 0 Å². The zero-order chi connectivity index (χ0) is 16.6. The molecule has 0 amide bonds. The van der Waals surface area contributed by atoms with Crippen molar-refractivity contribution >= 4 is 23.2 Å². The zero-order valence-corrected chi connectivity index (χ0v) is 13.0. The number of rotatable bonds is 3. The normalized spacial score (nSPS) is 11.0. The summed E-state index contributed by atoms with van der Waals surface area (Å²) in [5.41, 5.74) is 0.496. The maximum absolute atomic E-state index is 14.0. The fraction of sp³-hybridized carbons (Fsp3) is 0.0625. The molecule has 0 fully saturated rings. The molecular weight excluding hydrogens is 347 g/mol. The summed E-state index contributed by atoms with van der Waals surface area (Å²) in [6, 6.07) is 8.55. The van der Waals surface area contributed by atoms with Crippen LogP contribution in [-0.2, 0) is 6.61 Å². The Bertz CT molecular complexity index is 812. The Labute approximate surface area is 140 Å². The number of aromatic nitrogens is 1. The maximum atomic E-state index is 14.0. The van der Waals surface area contributed by atoms with Crippen molar-refractivity contribution in [3.63, 3.8) is 0 Å². The summed E-state index contributed by atoms with van der Waals surface area (Å²) < 4.78 is 32.6. The second-order valence-electron chi connectivity index (χ2n) is 4.70. The highest BCUT2D eigenvalue weighted by atomic mass is 35.5. The Morgan fingerprint density at radius 1 is 1.04 bits per heavy atom. The van der Waals surface area contributed by atoms with Gasteiger partial charge in [0.05, 0.1) is 22.2 Å². The van der Waals surface area contributed by atoms with Gasteiger partial charge in [0.25, 0.3) is 0 Å². The fourth-order valence-electron chi connectivity index (χ4n) is 2.25. The van der Waals surface area contributed by atoms with Gasteiger partial charge in [0, 0.05) is 11.1 Å². The molecule has 1 heterocycles. The van der Waals surface area contributed by atoms with E-state index in [-0.39, 0.29) is 27.6 Å². The third-order valence-corrected chi connectivity index (χ3v) is 4.17. The van der Waals surface area contributed by atoms with Crippen molar-refractivity contribution in [3.8, 4) is 22.6 Å². The predicted octanol–water partition coefficient (Wildman–Crippen LogP) is 5.09. The quantitative estimate of drug-likeness (QED) is 0.711. The van der Waals surface area contributed by atoms with E-state index < -0.39 is 18.2 Å². The van der Waals surface area contributed by atoms with Gasteiger partial charge in [-0.3, -0.25) is 0 Å². The zero-order valence-electron chi connectivity index (χ0n) is 11.5. The van der Waals surface area contributed by atoms with Gasteiger partial charge in [0.15, 0.2) is 17.4 Å². The van der Waals surface area contributed by atoms with Crippen LogP contribution in [0, 0.1) is 11.6 Å². The summed E-state index contributed by atoms with van der Waals surface area (Å²) in [6.07, 6.45) is 0. The third kappa shape index (κ3) is 2.72. The Morgan fingerprint density at radius 2 is 1.74 bits per heavy atom. The van der Waals surface area contributed by atoms with Crippen molar-refractivity contribution in [3.05, 3.63) is 63.6 Å². The molecule has 3 rings (SSSR count). The molecule has 0 unspecified atom stereocenters. The molecule has 0 radical (unpaired) electrons. The maximum Gasteiger partial charge on any atom is 0.174 e. The van der Waals surface area contributed by atoms with Crippen molar-refractivity contribution in [1.82, 2.24) is 5.16 Å².